The first-order valence-corrected chi connectivity index (χ1v) is 6.09. The van der Waals surface area contributed by atoms with Gasteiger partial charge < -0.3 is 20.5 Å². The maximum absolute atomic E-state index is 13.0. The van der Waals surface area contributed by atoms with E-state index in [9.17, 15) is 4.39 Å². The molecule has 0 saturated heterocycles. The molecular weight excluding hydrogens is 235 g/mol. The molecule has 1 aromatic rings. The molecule has 18 heavy (non-hydrogen) atoms. The zero-order chi connectivity index (χ0) is 13.2. The van der Waals surface area contributed by atoms with E-state index in [-0.39, 0.29) is 5.82 Å². The molecular formula is C13H21FN2O2. The summed E-state index contributed by atoms with van der Waals surface area (Å²) in [5.74, 6) is -0.319. The molecule has 0 aliphatic heterocycles. The smallest absolute Gasteiger partial charge is 0.127 e. The molecule has 0 aromatic heterocycles. The Bertz CT molecular complexity index is 328. The number of unbranched alkanes of at least 4 members (excludes halogenated alkanes) is 1. The summed E-state index contributed by atoms with van der Waals surface area (Å²) in [4.78, 5) is 0. The largest absolute Gasteiger partial charge is 0.399 e. The van der Waals surface area contributed by atoms with Crippen LogP contribution in [-0.4, -0.2) is 33.5 Å². The van der Waals surface area contributed by atoms with Gasteiger partial charge in [-0.15, -0.1) is 0 Å². The van der Waals surface area contributed by atoms with Crippen molar-refractivity contribution in [1.82, 2.24) is 0 Å². The van der Waals surface area contributed by atoms with Gasteiger partial charge in [-0.25, -0.2) is 4.39 Å². The molecule has 0 aliphatic carbocycles. The van der Waals surface area contributed by atoms with E-state index >= 15 is 0 Å². The number of rotatable bonds is 9. The van der Waals surface area contributed by atoms with E-state index in [0.29, 0.717) is 24.6 Å². The normalized spacial score (nSPS) is 10.6. The van der Waals surface area contributed by atoms with Crippen molar-refractivity contribution < 1.29 is 13.9 Å². The van der Waals surface area contributed by atoms with Gasteiger partial charge in [0, 0.05) is 31.6 Å². The third-order valence-corrected chi connectivity index (χ3v) is 2.40. The molecule has 0 bridgehead atoms. The first kappa shape index (κ1) is 14.7. The molecule has 0 heterocycles. The van der Waals surface area contributed by atoms with Crippen molar-refractivity contribution in [3.63, 3.8) is 0 Å². The minimum atomic E-state index is -0.319. The lowest BCUT2D eigenvalue weighted by Crippen LogP contribution is -2.06. The maximum Gasteiger partial charge on any atom is 0.127 e. The number of methoxy groups -OCH3 is 1. The van der Waals surface area contributed by atoms with Crippen LogP contribution in [0.3, 0.4) is 0 Å². The van der Waals surface area contributed by atoms with E-state index < -0.39 is 0 Å². The minimum Gasteiger partial charge on any atom is -0.399 e. The lowest BCUT2D eigenvalue weighted by Gasteiger charge is -2.08. The summed E-state index contributed by atoms with van der Waals surface area (Å²) in [6.07, 6.45) is 1.92. The van der Waals surface area contributed by atoms with E-state index in [1.807, 2.05) is 0 Å². The second-order valence-electron chi connectivity index (χ2n) is 4.01. The van der Waals surface area contributed by atoms with Crippen LogP contribution in [0.1, 0.15) is 12.8 Å². The molecule has 0 saturated carbocycles. The van der Waals surface area contributed by atoms with Crippen molar-refractivity contribution in [2.75, 3.05) is 44.5 Å². The Morgan fingerprint density at radius 2 is 2.00 bits per heavy atom. The highest BCUT2D eigenvalue weighted by Crippen LogP contribution is 2.15. The molecule has 3 N–H and O–H groups in total. The van der Waals surface area contributed by atoms with Gasteiger partial charge in [-0.3, -0.25) is 0 Å². The number of hydrogen-bond donors (Lipinski definition) is 2. The van der Waals surface area contributed by atoms with Crippen LogP contribution in [0.4, 0.5) is 15.8 Å². The average molecular weight is 256 g/mol. The Morgan fingerprint density at radius 1 is 1.17 bits per heavy atom. The maximum atomic E-state index is 13.0. The molecule has 102 valence electrons. The summed E-state index contributed by atoms with van der Waals surface area (Å²) in [6, 6.07) is 4.46. The van der Waals surface area contributed by atoms with Crippen LogP contribution in [0.25, 0.3) is 0 Å². The number of anilines is 2. The molecule has 0 atom stereocenters. The van der Waals surface area contributed by atoms with Crippen molar-refractivity contribution in [3.8, 4) is 0 Å². The predicted octanol–water partition coefficient (Wildman–Crippen LogP) is 2.26. The van der Waals surface area contributed by atoms with Gasteiger partial charge in [0.2, 0.25) is 0 Å². The number of benzene rings is 1. The van der Waals surface area contributed by atoms with Gasteiger partial charge in [-0.05, 0) is 31.0 Å². The Kier molecular flexibility index (Phi) is 7.13. The number of ether oxygens (including phenoxy) is 2. The molecule has 1 aromatic carbocycles. The van der Waals surface area contributed by atoms with E-state index in [4.69, 9.17) is 15.2 Å². The zero-order valence-electron chi connectivity index (χ0n) is 10.7. The van der Waals surface area contributed by atoms with Crippen molar-refractivity contribution in [2.45, 2.75) is 12.8 Å². The third-order valence-electron chi connectivity index (χ3n) is 2.40. The van der Waals surface area contributed by atoms with E-state index in [0.717, 1.165) is 26.0 Å². The molecule has 4 nitrogen and oxygen atoms in total. The molecule has 0 unspecified atom stereocenters. The van der Waals surface area contributed by atoms with Gasteiger partial charge in [-0.2, -0.15) is 0 Å². The van der Waals surface area contributed by atoms with Crippen LogP contribution >= 0.6 is 0 Å². The van der Waals surface area contributed by atoms with Crippen LogP contribution in [-0.2, 0) is 9.47 Å². The molecule has 0 fully saturated rings. The minimum absolute atomic E-state index is 0.319. The fourth-order valence-corrected chi connectivity index (χ4v) is 1.52. The summed E-state index contributed by atoms with van der Waals surface area (Å²) in [5.41, 5.74) is 6.69. The van der Waals surface area contributed by atoms with Crippen LogP contribution in [0.15, 0.2) is 18.2 Å². The van der Waals surface area contributed by atoms with Gasteiger partial charge in [0.25, 0.3) is 0 Å². The van der Waals surface area contributed by atoms with E-state index in [1.165, 1.54) is 12.1 Å². The number of nitrogens with one attached hydrogen (secondary N) is 1. The van der Waals surface area contributed by atoms with Gasteiger partial charge in [-0.1, -0.05) is 0 Å². The molecule has 0 radical (unpaired) electrons. The first-order valence-electron chi connectivity index (χ1n) is 6.09. The Morgan fingerprint density at radius 3 is 2.72 bits per heavy atom. The Balaban J connectivity index is 2.07. The fourth-order valence-electron chi connectivity index (χ4n) is 1.52. The topological polar surface area (TPSA) is 56.5 Å². The van der Waals surface area contributed by atoms with Crippen LogP contribution < -0.4 is 11.1 Å². The number of hydrogen-bond acceptors (Lipinski definition) is 4. The van der Waals surface area contributed by atoms with Crippen LogP contribution in [0, 0.1) is 5.82 Å². The number of nitrogen functional groups attached to an aromatic ring is 1. The van der Waals surface area contributed by atoms with Gasteiger partial charge >= 0.3 is 0 Å². The van der Waals surface area contributed by atoms with Crippen molar-refractivity contribution in [3.05, 3.63) is 24.0 Å². The molecule has 5 heteroatoms. The SMILES string of the molecule is COCCOCCCCNc1cc(N)cc(F)c1. The highest BCUT2D eigenvalue weighted by molar-refractivity contribution is 5.54. The average Bonchev–Trinajstić information content (AvgIpc) is 2.31. The van der Waals surface area contributed by atoms with Gasteiger partial charge in [0.15, 0.2) is 0 Å². The van der Waals surface area contributed by atoms with Crippen molar-refractivity contribution in [1.29, 1.82) is 0 Å². The van der Waals surface area contributed by atoms with Crippen molar-refractivity contribution >= 4 is 11.4 Å². The number of nitrogens with two attached hydrogens (primary N) is 1. The first-order chi connectivity index (χ1) is 8.72. The monoisotopic (exact) mass is 256 g/mol. The second kappa shape index (κ2) is 8.72. The fraction of sp³-hybridized carbons (Fsp3) is 0.538. The zero-order valence-corrected chi connectivity index (χ0v) is 10.7. The Labute approximate surface area is 107 Å². The molecule has 1 rings (SSSR count). The Hall–Kier alpha value is -1.33. The van der Waals surface area contributed by atoms with E-state index in [2.05, 4.69) is 5.32 Å². The van der Waals surface area contributed by atoms with Gasteiger partial charge in [0.05, 0.1) is 13.2 Å². The van der Waals surface area contributed by atoms with Crippen molar-refractivity contribution in [2.24, 2.45) is 0 Å². The molecule has 0 amide bonds. The standard InChI is InChI=1S/C13H21FN2O2/c1-17-6-7-18-5-3-2-4-16-13-9-11(14)8-12(15)10-13/h8-10,16H,2-7,15H2,1H3. The third kappa shape index (κ3) is 6.42. The lowest BCUT2D eigenvalue weighted by molar-refractivity contribution is 0.0691. The summed E-state index contributed by atoms with van der Waals surface area (Å²) >= 11 is 0. The summed E-state index contributed by atoms with van der Waals surface area (Å²) in [7, 11) is 1.65. The lowest BCUT2D eigenvalue weighted by atomic mass is 10.2. The highest BCUT2D eigenvalue weighted by Gasteiger charge is 1.97. The van der Waals surface area contributed by atoms with Gasteiger partial charge in [0.1, 0.15) is 5.82 Å². The summed E-state index contributed by atoms with van der Waals surface area (Å²) in [6.45, 7) is 2.75. The predicted molar refractivity (Wildman–Crippen MR) is 71.2 cm³/mol. The number of halogens is 1. The van der Waals surface area contributed by atoms with Crippen LogP contribution in [0.2, 0.25) is 0 Å². The highest BCUT2D eigenvalue weighted by atomic mass is 19.1. The quantitative estimate of drug-likeness (QED) is 0.525. The summed E-state index contributed by atoms with van der Waals surface area (Å²) < 4.78 is 23.2. The molecule has 0 aliphatic rings. The molecule has 0 spiro atoms. The second-order valence-corrected chi connectivity index (χ2v) is 4.01. The van der Waals surface area contributed by atoms with E-state index in [1.54, 1.807) is 13.2 Å². The summed E-state index contributed by atoms with van der Waals surface area (Å²) in [5, 5.41) is 3.13. The van der Waals surface area contributed by atoms with Crippen LogP contribution in [0.5, 0.6) is 0 Å².